The minimum absolute atomic E-state index is 0.0932. The highest BCUT2D eigenvalue weighted by Gasteiger charge is 2.31. The lowest BCUT2D eigenvalue weighted by Gasteiger charge is -2.33. The second kappa shape index (κ2) is 12.5. The molecule has 7 nitrogen and oxygen atoms in total. The Labute approximate surface area is 232 Å². The Morgan fingerprint density at radius 1 is 1.05 bits per heavy atom. The van der Waals surface area contributed by atoms with Crippen molar-refractivity contribution in [1.29, 1.82) is 0 Å². The topological polar surface area (TPSA) is 86.8 Å². The quantitative estimate of drug-likeness (QED) is 0.452. The molecule has 0 radical (unpaired) electrons. The highest BCUT2D eigenvalue weighted by molar-refractivity contribution is 7.92. The van der Waals surface area contributed by atoms with Gasteiger partial charge in [0.2, 0.25) is 21.8 Å². The molecular formula is C29H40ClN3O4S. The molecule has 1 atom stereocenters. The van der Waals surface area contributed by atoms with Gasteiger partial charge in [0.05, 0.1) is 11.9 Å². The molecule has 0 bridgehead atoms. The number of carbonyl (C=O) groups excluding carboxylic acids is 2. The summed E-state index contributed by atoms with van der Waals surface area (Å²) in [7, 11) is -3.78. The number of nitrogens with zero attached hydrogens (tertiary/aromatic N) is 2. The average Bonchev–Trinajstić information content (AvgIpc) is 2.85. The first-order valence-corrected chi connectivity index (χ1v) is 15.4. The van der Waals surface area contributed by atoms with E-state index in [1.807, 2.05) is 18.2 Å². The van der Waals surface area contributed by atoms with E-state index in [1.165, 1.54) is 11.3 Å². The van der Waals surface area contributed by atoms with E-state index >= 15 is 0 Å². The summed E-state index contributed by atoms with van der Waals surface area (Å²) in [6.45, 7) is 7.62. The van der Waals surface area contributed by atoms with E-state index in [4.69, 9.17) is 11.6 Å². The first kappa shape index (κ1) is 30.0. The van der Waals surface area contributed by atoms with Crippen molar-refractivity contribution in [2.45, 2.75) is 83.8 Å². The number of anilines is 1. The SMILES string of the molecule is C[C@H](C(=O)NC1CCCCC1)N(Cc1cccc(Cl)c1)C(=O)CN(c1ccc(C(C)(C)C)cc1)S(C)(=O)=O. The van der Waals surface area contributed by atoms with Crippen molar-refractivity contribution in [3.05, 3.63) is 64.7 Å². The van der Waals surface area contributed by atoms with Crippen molar-refractivity contribution >= 4 is 39.1 Å². The lowest BCUT2D eigenvalue weighted by atomic mass is 9.87. The fraction of sp³-hybridized carbons (Fsp3) is 0.517. The predicted octanol–water partition coefficient (Wildman–Crippen LogP) is 5.27. The molecule has 1 aliphatic rings. The normalized spacial score (nSPS) is 15.5. The summed E-state index contributed by atoms with van der Waals surface area (Å²) in [5.74, 6) is -0.714. The average molecular weight is 562 g/mol. The molecule has 0 heterocycles. The Hall–Kier alpha value is -2.58. The number of hydrogen-bond acceptors (Lipinski definition) is 4. The van der Waals surface area contributed by atoms with Crippen LogP contribution < -0.4 is 9.62 Å². The van der Waals surface area contributed by atoms with Gasteiger partial charge in [0.15, 0.2) is 0 Å². The number of carbonyl (C=O) groups is 2. The molecular weight excluding hydrogens is 522 g/mol. The van der Waals surface area contributed by atoms with Gasteiger partial charge in [-0.2, -0.15) is 0 Å². The molecule has 1 fully saturated rings. The molecule has 2 amide bonds. The Bertz CT molecular complexity index is 1220. The molecule has 208 valence electrons. The number of rotatable bonds is 9. The number of hydrogen-bond donors (Lipinski definition) is 1. The second-order valence-corrected chi connectivity index (χ2v) is 13.6. The minimum Gasteiger partial charge on any atom is -0.352 e. The molecule has 9 heteroatoms. The van der Waals surface area contributed by atoms with E-state index in [-0.39, 0.29) is 23.9 Å². The van der Waals surface area contributed by atoms with Crippen molar-refractivity contribution in [2.24, 2.45) is 0 Å². The standard InChI is InChI=1S/C29H40ClN3O4S/c1-21(28(35)31-25-12-7-6-8-13-25)32(19-22-10-9-11-24(30)18-22)27(34)20-33(38(5,36)37)26-16-14-23(15-17-26)29(2,3)4/h9-11,14-18,21,25H,6-8,12-13,19-20H2,1-5H3,(H,31,35)/t21-/m1/s1. The number of amides is 2. The van der Waals surface area contributed by atoms with Crippen LogP contribution in [0.3, 0.4) is 0 Å². The smallest absolute Gasteiger partial charge is 0.244 e. The summed E-state index contributed by atoms with van der Waals surface area (Å²) < 4.78 is 26.7. The van der Waals surface area contributed by atoms with E-state index in [0.29, 0.717) is 10.7 Å². The third-order valence-electron chi connectivity index (χ3n) is 7.06. The molecule has 0 aromatic heterocycles. The monoisotopic (exact) mass is 561 g/mol. The van der Waals surface area contributed by atoms with Crippen LogP contribution in [0.4, 0.5) is 5.69 Å². The van der Waals surface area contributed by atoms with Crippen molar-refractivity contribution in [3.63, 3.8) is 0 Å². The van der Waals surface area contributed by atoms with Gasteiger partial charge < -0.3 is 10.2 Å². The van der Waals surface area contributed by atoms with Crippen LogP contribution in [0.15, 0.2) is 48.5 Å². The number of benzene rings is 2. The zero-order chi connectivity index (χ0) is 28.1. The summed E-state index contributed by atoms with van der Waals surface area (Å²) in [5.41, 5.74) is 2.11. The third-order valence-corrected chi connectivity index (χ3v) is 8.44. The van der Waals surface area contributed by atoms with Gasteiger partial charge in [-0.05, 0) is 60.6 Å². The van der Waals surface area contributed by atoms with Crippen LogP contribution in [0.5, 0.6) is 0 Å². The Balaban J connectivity index is 1.88. The van der Waals surface area contributed by atoms with Crippen molar-refractivity contribution in [2.75, 3.05) is 17.1 Å². The molecule has 1 N–H and O–H groups in total. The zero-order valence-electron chi connectivity index (χ0n) is 23.0. The Morgan fingerprint density at radius 2 is 1.68 bits per heavy atom. The summed E-state index contributed by atoms with van der Waals surface area (Å²) in [6, 6.07) is 13.6. The molecule has 2 aromatic rings. The third kappa shape index (κ3) is 8.21. The molecule has 1 aliphatic carbocycles. The number of halogens is 1. The molecule has 0 aliphatic heterocycles. The predicted molar refractivity (Wildman–Crippen MR) is 154 cm³/mol. The van der Waals surface area contributed by atoms with Crippen LogP contribution in [0.2, 0.25) is 5.02 Å². The molecule has 0 unspecified atom stereocenters. The van der Waals surface area contributed by atoms with Gasteiger partial charge in [-0.1, -0.05) is 75.9 Å². The lowest BCUT2D eigenvalue weighted by Crippen LogP contribution is -2.52. The van der Waals surface area contributed by atoms with Crippen LogP contribution in [0.25, 0.3) is 0 Å². The first-order valence-electron chi connectivity index (χ1n) is 13.2. The van der Waals surface area contributed by atoms with Gasteiger partial charge in [0.25, 0.3) is 0 Å². The molecule has 0 saturated heterocycles. The zero-order valence-corrected chi connectivity index (χ0v) is 24.6. The maximum absolute atomic E-state index is 13.7. The van der Waals surface area contributed by atoms with Gasteiger partial charge in [-0.25, -0.2) is 8.42 Å². The second-order valence-electron chi connectivity index (χ2n) is 11.2. The van der Waals surface area contributed by atoms with Crippen molar-refractivity contribution in [1.82, 2.24) is 10.2 Å². The largest absolute Gasteiger partial charge is 0.352 e. The molecule has 0 spiro atoms. The highest BCUT2D eigenvalue weighted by atomic mass is 35.5. The molecule has 2 aromatic carbocycles. The lowest BCUT2D eigenvalue weighted by molar-refractivity contribution is -0.139. The van der Waals surface area contributed by atoms with E-state index in [1.54, 1.807) is 37.3 Å². The molecule has 1 saturated carbocycles. The summed E-state index contributed by atoms with van der Waals surface area (Å²) in [6.07, 6.45) is 6.24. The van der Waals surface area contributed by atoms with Crippen molar-refractivity contribution < 1.29 is 18.0 Å². The Morgan fingerprint density at radius 3 is 2.24 bits per heavy atom. The molecule has 38 heavy (non-hydrogen) atoms. The van der Waals surface area contributed by atoms with Crippen LogP contribution in [-0.4, -0.2) is 50.0 Å². The number of nitrogens with one attached hydrogen (secondary N) is 1. The van der Waals surface area contributed by atoms with Gasteiger partial charge in [0.1, 0.15) is 12.6 Å². The van der Waals surface area contributed by atoms with Gasteiger partial charge in [-0.3, -0.25) is 13.9 Å². The fourth-order valence-electron chi connectivity index (χ4n) is 4.72. The van der Waals surface area contributed by atoms with Crippen LogP contribution >= 0.6 is 11.6 Å². The fourth-order valence-corrected chi connectivity index (χ4v) is 5.79. The molecule has 3 rings (SSSR count). The van der Waals surface area contributed by atoms with Crippen molar-refractivity contribution in [3.8, 4) is 0 Å². The minimum atomic E-state index is -3.78. The van der Waals surface area contributed by atoms with E-state index in [9.17, 15) is 18.0 Å². The number of sulfonamides is 1. The van der Waals surface area contributed by atoms with E-state index in [0.717, 1.165) is 47.4 Å². The maximum atomic E-state index is 13.7. The highest BCUT2D eigenvalue weighted by Crippen LogP contribution is 2.26. The van der Waals surface area contributed by atoms with Crippen LogP contribution in [0, 0.1) is 0 Å². The van der Waals surface area contributed by atoms with E-state index in [2.05, 4.69) is 26.1 Å². The van der Waals surface area contributed by atoms with Gasteiger partial charge >= 0.3 is 0 Å². The van der Waals surface area contributed by atoms with Crippen LogP contribution in [-0.2, 0) is 31.6 Å². The van der Waals surface area contributed by atoms with Crippen LogP contribution in [0.1, 0.15) is 70.9 Å². The van der Waals surface area contributed by atoms with Gasteiger partial charge in [-0.15, -0.1) is 0 Å². The van der Waals surface area contributed by atoms with E-state index < -0.39 is 28.5 Å². The summed E-state index contributed by atoms with van der Waals surface area (Å²) in [5, 5.41) is 3.62. The summed E-state index contributed by atoms with van der Waals surface area (Å²) in [4.78, 5) is 28.4. The first-order chi connectivity index (χ1) is 17.8. The maximum Gasteiger partial charge on any atom is 0.244 e. The Kier molecular flexibility index (Phi) is 9.87. The summed E-state index contributed by atoms with van der Waals surface area (Å²) >= 11 is 6.18. The van der Waals surface area contributed by atoms with Gasteiger partial charge in [0, 0.05) is 17.6 Å².